The fourth-order valence-electron chi connectivity index (χ4n) is 1.90. The van der Waals surface area contributed by atoms with E-state index < -0.39 is 0 Å². The third-order valence-electron chi connectivity index (χ3n) is 2.91. The molecule has 1 rings (SSSR count). The van der Waals surface area contributed by atoms with Crippen molar-refractivity contribution in [1.29, 1.82) is 0 Å². The lowest BCUT2D eigenvalue weighted by Gasteiger charge is -2.21. The van der Waals surface area contributed by atoms with E-state index >= 15 is 0 Å². The number of hydrogen-bond acceptors (Lipinski definition) is 2. The van der Waals surface area contributed by atoms with Crippen LogP contribution in [0.1, 0.15) is 40.0 Å². The molecule has 2 heteroatoms. The highest BCUT2D eigenvalue weighted by molar-refractivity contribution is 4.77. The van der Waals surface area contributed by atoms with Gasteiger partial charge in [0.25, 0.3) is 0 Å². The van der Waals surface area contributed by atoms with Gasteiger partial charge in [0, 0.05) is 19.6 Å². The largest absolute Gasteiger partial charge is 0.315 e. The molecule has 1 fully saturated rings. The van der Waals surface area contributed by atoms with E-state index in [1.54, 1.807) is 0 Å². The first-order valence-electron chi connectivity index (χ1n) is 6.65. The first-order valence-corrected chi connectivity index (χ1v) is 6.65. The van der Waals surface area contributed by atoms with Crippen molar-refractivity contribution in [2.45, 2.75) is 40.0 Å². The topological polar surface area (TPSA) is 15.3 Å². The molecule has 0 aromatic rings. The maximum Gasteiger partial charge on any atom is 0.0107 e. The molecule has 0 aromatic heterocycles. The summed E-state index contributed by atoms with van der Waals surface area (Å²) in [5.74, 6) is 1.80. The van der Waals surface area contributed by atoms with E-state index in [0.29, 0.717) is 0 Å². The van der Waals surface area contributed by atoms with Gasteiger partial charge in [-0.3, -0.25) is 0 Å². The molecule has 0 radical (unpaired) electrons. The summed E-state index contributed by atoms with van der Waals surface area (Å²) >= 11 is 0. The van der Waals surface area contributed by atoms with E-state index in [0.717, 1.165) is 24.9 Å². The van der Waals surface area contributed by atoms with Crippen molar-refractivity contribution in [1.82, 2.24) is 10.2 Å². The monoisotopic (exact) mass is 212 g/mol. The molecule has 1 N–H and O–H groups in total. The Bertz CT molecular complexity index is 153. The van der Waals surface area contributed by atoms with Crippen LogP contribution in [0.5, 0.6) is 0 Å². The maximum atomic E-state index is 3.53. The summed E-state index contributed by atoms with van der Waals surface area (Å²) in [7, 11) is 0. The third kappa shape index (κ3) is 6.91. The Morgan fingerprint density at radius 3 is 2.53 bits per heavy atom. The summed E-state index contributed by atoms with van der Waals surface area (Å²) in [5, 5.41) is 3.53. The SMILES string of the molecule is CCCN(CCNCC(C)C)CC1CC1. The van der Waals surface area contributed by atoms with Crippen LogP contribution in [0.4, 0.5) is 0 Å². The minimum atomic E-state index is 0.771. The quantitative estimate of drug-likeness (QED) is 0.590. The Morgan fingerprint density at radius 1 is 1.27 bits per heavy atom. The smallest absolute Gasteiger partial charge is 0.0107 e. The average molecular weight is 212 g/mol. The van der Waals surface area contributed by atoms with Crippen molar-refractivity contribution in [2.75, 3.05) is 32.7 Å². The summed E-state index contributed by atoms with van der Waals surface area (Å²) < 4.78 is 0. The van der Waals surface area contributed by atoms with Crippen LogP contribution in [-0.4, -0.2) is 37.6 Å². The Morgan fingerprint density at radius 2 is 2.00 bits per heavy atom. The van der Waals surface area contributed by atoms with E-state index in [1.807, 2.05) is 0 Å². The van der Waals surface area contributed by atoms with Crippen molar-refractivity contribution in [3.05, 3.63) is 0 Å². The van der Waals surface area contributed by atoms with Gasteiger partial charge in [0.05, 0.1) is 0 Å². The van der Waals surface area contributed by atoms with E-state index in [4.69, 9.17) is 0 Å². The van der Waals surface area contributed by atoms with Crippen LogP contribution in [0.2, 0.25) is 0 Å². The molecule has 0 atom stereocenters. The lowest BCUT2D eigenvalue weighted by atomic mass is 10.2. The van der Waals surface area contributed by atoms with Gasteiger partial charge >= 0.3 is 0 Å². The number of hydrogen-bond donors (Lipinski definition) is 1. The van der Waals surface area contributed by atoms with Crippen LogP contribution in [0.25, 0.3) is 0 Å². The van der Waals surface area contributed by atoms with Gasteiger partial charge in [-0.1, -0.05) is 20.8 Å². The summed E-state index contributed by atoms with van der Waals surface area (Å²) in [5.41, 5.74) is 0. The van der Waals surface area contributed by atoms with Crippen molar-refractivity contribution < 1.29 is 0 Å². The summed E-state index contributed by atoms with van der Waals surface area (Å²) in [6.45, 7) is 13.0. The zero-order valence-corrected chi connectivity index (χ0v) is 10.8. The van der Waals surface area contributed by atoms with Crippen molar-refractivity contribution in [3.8, 4) is 0 Å². The summed E-state index contributed by atoms with van der Waals surface area (Å²) in [6, 6.07) is 0. The van der Waals surface area contributed by atoms with Gasteiger partial charge in [0.1, 0.15) is 0 Å². The van der Waals surface area contributed by atoms with Crippen LogP contribution in [0.3, 0.4) is 0 Å². The van der Waals surface area contributed by atoms with Crippen molar-refractivity contribution >= 4 is 0 Å². The van der Waals surface area contributed by atoms with E-state index in [1.165, 1.54) is 38.9 Å². The molecule has 0 bridgehead atoms. The van der Waals surface area contributed by atoms with Crippen LogP contribution in [-0.2, 0) is 0 Å². The first kappa shape index (κ1) is 13.0. The molecule has 0 aromatic carbocycles. The highest BCUT2D eigenvalue weighted by Gasteiger charge is 2.23. The van der Waals surface area contributed by atoms with E-state index in [2.05, 4.69) is 31.0 Å². The van der Waals surface area contributed by atoms with E-state index in [9.17, 15) is 0 Å². The number of nitrogens with one attached hydrogen (secondary N) is 1. The third-order valence-corrected chi connectivity index (χ3v) is 2.91. The maximum absolute atomic E-state index is 3.53. The van der Waals surface area contributed by atoms with Crippen LogP contribution in [0, 0.1) is 11.8 Å². The summed E-state index contributed by atoms with van der Waals surface area (Å²) in [4.78, 5) is 2.63. The van der Waals surface area contributed by atoms with Gasteiger partial charge in [-0.2, -0.15) is 0 Å². The molecule has 0 saturated heterocycles. The highest BCUT2D eigenvalue weighted by Crippen LogP contribution is 2.29. The van der Waals surface area contributed by atoms with Crippen molar-refractivity contribution in [3.63, 3.8) is 0 Å². The minimum absolute atomic E-state index is 0.771. The van der Waals surface area contributed by atoms with Gasteiger partial charge in [-0.05, 0) is 44.2 Å². The Balaban J connectivity index is 2.02. The number of rotatable bonds is 9. The molecule has 0 unspecified atom stereocenters. The molecule has 1 aliphatic carbocycles. The van der Waals surface area contributed by atoms with Crippen LogP contribution >= 0.6 is 0 Å². The predicted octanol–water partition coefficient (Wildman–Crippen LogP) is 2.35. The fraction of sp³-hybridized carbons (Fsp3) is 1.00. The molecule has 1 saturated carbocycles. The van der Waals surface area contributed by atoms with Gasteiger partial charge in [0.2, 0.25) is 0 Å². The number of nitrogens with zero attached hydrogens (tertiary/aromatic N) is 1. The second-order valence-corrected chi connectivity index (χ2v) is 5.34. The van der Waals surface area contributed by atoms with Crippen LogP contribution in [0.15, 0.2) is 0 Å². The zero-order valence-electron chi connectivity index (χ0n) is 10.8. The highest BCUT2D eigenvalue weighted by atomic mass is 15.1. The molecule has 0 spiro atoms. The molecule has 1 aliphatic rings. The molecule has 90 valence electrons. The van der Waals surface area contributed by atoms with Gasteiger partial charge in [0.15, 0.2) is 0 Å². The second-order valence-electron chi connectivity index (χ2n) is 5.34. The van der Waals surface area contributed by atoms with Crippen LogP contribution < -0.4 is 5.32 Å². The predicted molar refractivity (Wildman–Crippen MR) is 67.2 cm³/mol. The minimum Gasteiger partial charge on any atom is -0.315 e. The normalized spacial score (nSPS) is 16.6. The first-order chi connectivity index (χ1) is 7.22. The Labute approximate surface area is 95.4 Å². The van der Waals surface area contributed by atoms with Gasteiger partial charge in [-0.15, -0.1) is 0 Å². The molecule has 0 amide bonds. The summed E-state index contributed by atoms with van der Waals surface area (Å²) in [6.07, 6.45) is 4.23. The van der Waals surface area contributed by atoms with Gasteiger partial charge < -0.3 is 10.2 Å². The Kier molecular flexibility index (Phi) is 6.26. The molecular weight excluding hydrogens is 184 g/mol. The molecule has 15 heavy (non-hydrogen) atoms. The van der Waals surface area contributed by atoms with Crippen molar-refractivity contribution in [2.24, 2.45) is 11.8 Å². The molecule has 0 heterocycles. The lowest BCUT2D eigenvalue weighted by Crippen LogP contribution is -2.35. The van der Waals surface area contributed by atoms with Gasteiger partial charge in [-0.25, -0.2) is 0 Å². The van der Waals surface area contributed by atoms with E-state index in [-0.39, 0.29) is 0 Å². The second kappa shape index (κ2) is 7.24. The molecular formula is C13H28N2. The standard InChI is InChI=1S/C13H28N2/c1-4-8-15(11-13-5-6-13)9-7-14-10-12(2)3/h12-14H,4-11H2,1-3H3. The molecule has 0 aliphatic heterocycles. The lowest BCUT2D eigenvalue weighted by molar-refractivity contribution is 0.261. The zero-order chi connectivity index (χ0) is 11.1. The fourth-order valence-corrected chi connectivity index (χ4v) is 1.90. The molecule has 2 nitrogen and oxygen atoms in total. The average Bonchev–Trinajstić information content (AvgIpc) is 2.96. The Hall–Kier alpha value is -0.0800.